The second kappa shape index (κ2) is 10.1. The summed E-state index contributed by atoms with van der Waals surface area (Å²) in [6.45, 7) is 0. The lowest BCUT2D eigenvalue weighted by Crippen LogP contribution is -2.61. The maximum Gasteiger partial charge on any atom is 0.527 e. The van der Waals surface area contributed by atoms with Gasteiger partial charge < -0.3 is 5.32 Å². The first-order valence-corrected chi connectivity index (χ1v) is 10.1. The Morgan fingerprint density at radius 3 is 1.78 bits per heavy atom. The topological polar surface area (TPSA) is 47.6 Å². The van der Waals surface area contributed by atoms with Gasteiger partial charge in [0.15, 0.2) is 0 Å². The van der Waals surface area contributed by atoms with Crippen molar-refractivity contribution in [2.45, 2.75) is 36.5 Å². The smallest absolute Gasteiger partial charge is 0.322 e. The first-order chi connectivity index (χ1) is 16.5. The van der Waals surface area contributed by atoms with Gasteiger partial charge in [0.25, 0.3) is 5.91 Å². The van der Waals surface area contributed by atoms with Crippen molar-refractivity contribution in [2.24, 2.45) is 0 Å². The maximum absolute atomic E-state index is 14.3. The molecule has 0 radical (unpaired) electrons. The van der Waals surface area contributed by atoms with Crippen LogP contribution < -0.4 is 5.32 Å². The summed E-state index contributed by atoms with van der Waals surface area (Å²) in [7, 11) is 0. The van der Waals surface area contributed by atoms with E-state index < -0.39 is 53.7 Å². The Balaban J connectivity index is 2.33. The van der Waals surface area contributed by atoms with E-state index in [1.807, 2.05) is 32.6 Å². The van der Waals surface area contributed by atoms with Crippen LogP contribution in [0.5, 0.6) is 0 Å². The molecule has 1 N–H and O–H groups in total. The molecule has 0 aliphatic carbocycles. The Bertz CT molecular complexity index is 1140. The van der Waals surface area contributed by atoms with E-state index in [-0.39, 0.29) is 17.7 Å². The van der Waals surface area contributed by atoms with Gasteiger partial charge in [-0.3, -0.25) is 4.79 Å². The number of anilines is 1. The summed E-state index contributed by atoms with van der Waals surface area (Å²) in [5.41, 5.74) is -2.59. The highest BCUT2D eigenvalue weighted by Gasteiger charge is 2.80. The lowest BCUT2D eigenvalue weighted by atomic mass is 10.1. The van der Waals surface area contributed by atoms with Crippen LogP contribution in [0.15, 0.2) is 48.5 Å². The summed E-state index contributed by atoms with van der Waals surface area (Å²) in [6.07, 6.45) is -27.9. The van der Waals surface area contributed by atoms with Gasteiger partial charge in [-0.15, -0.1) is 13.2 Å². The molecule has 0 atom stereocenters. The Morgan fingerprint density at radius 1 is 0.703 bits per heavy atom. The van der Waals surface area contributed by atoms with Crippen LogP contribution in [-0.4, -0.2) is 36.5 Å². The number of halogens is 14. The van der Waals surface area contributed by atoms with E-state index in [4.69, 9.17) is 0 Å². The summed E-state index contributed by atoms with van der Waals surface area (Å²) in [6, 6.07) is 7.33. The minimum Gasteiger partial charge on any atom is -0.322 e. The molecule has 0 aliphatic rings. The van der Waals surface area contributed by atoms with Crippen molar-refractivity contribution >= 4 is 34.2 Å². The first kappa shape index (κ1) is 30.9. The third-order valence-electron chi connectivity index (χ3n) is 4.17. The molecule has 0 saturated heterocycles. The Morgan fingerprint density at radius 2 is 1.24 bits per heavy atom. The van der Waals surface area contributed by atoms with Crippen LogP contribution in [0.2, 0.25) is 0 Å². The van der Waals surface area contributed by atoms with Crippen LogP contribution in [-0.2, 0) is 15.4 Å². The number of hydrogen-bond acceptors (Lipinski definition) is 3. The minimum absolute atomic E-state index is 0.0263. The molecular formula is C19H9F13INO3. The molecule has 0 fully saturated rings. The van der Waals surface area contributed by atoms with E-state index in [0.717, 1.165) is 6.07 Å². The minimum atomic E-state index is -7.52. The molecule has 0 heterocycles. The van der Waals surface area contributed by atoms with E-state index in [0.29, 0.717) is 9.64 Å². The number of rotatable bonds is 9. The maximum atomic E-state index is 14.3. The Hall–Kier alpha value is -2.35. The molecule has 1 amide bonds. The SMILES string of the molecule is O=C(Nc1cccc(C(F)(F)C(F)(F)OC(F)(F)C(F)(F)C(F)(F)OC(F)(F)F)c1)c1cccc(I)c1. The largest absolute Gasteiger partial charge is 0.527 e. The van der Waals surface area contributed by atoms with Crippen LogP contribution in [0.25, 0.3) is 0 Å². The van der Waals surface area contributed by atoms with Crippen LogP contribution in [0, 0.1) is 3.57 Å². The Labute approximate surface area is 210 Å². The van der Waals surface area contributed by atoms with Crippen molar-refractivity contribution in [3.8, 4) is 0 Å². The van der Waals surface area contributed by atoms with Gasteiger partial charge >= 0.3 is 36.5 Å². The van der Waals surface area contributed by atoms with Crippen molar-refractivity contribution in [1.82, 2.24) is 0 Å². The molecular weight excluding hydrogens is 664 g/mol. The molecule has 2 aromatic carbocycles. The highest BCUT2D eigenvalue weighted by atomic mass is 127. The second-order valence-electron chi connectivity index (χ2n) is 6.89. The van der Waals surface area contributed by atoms with Gasteiger partial charge in [0.05, 0.1) is 0 Å². The molecule has 2 rings (SSSR count). The van der Waals surface area contributed by atoms with Crippen LogP contribution in [0.3, 0.4) is 0 Å². The van der Waals surface area contributed by atoms with E-state index in [1.54, 1.807) is 10.8 Å². The number of ether oxygens (including phenoxy) is 2. The molecule has 0 bridgehead atoms. The predicted octanol–water partition coefficient (Wildman–Crippen LogP) is 7.60. The molecule has 0 unspecified atom stereocenters. The summed E-state index contributed by atoms with van der Waals surface area (Å²) < 4.78 is 176. The third kappa shape index (κ3) is 6.75. The summed E-state index contributed by atoms with van der Waals surface area (Å²) in [5, 5.41) is 2.01. The van der Waals surface area contributed by atoms with Crippen LogP contribution in [0.4, 0.5) is 62.8 Å². The quantitative estimate of drug-likeness (QED) is 0.221. The summed E-state index contributed by atoms with van der Waals surface area (Å²) in [5.74, 6) is -14.4. The van der Waals surface area contributed by atoms with Gasteiger partial charge in [0.2, 0.25) is 0 Å². The molecule has 0 spiro atoms. The number of hydrogen-bond donors (Lipinski definition) is 1. The van der Waals surface area contributed by atoms with E-state index in [1.165, 1.54) is 18.2 Å². The molecule has 4 nitrogen and oxygen atoms in total. The van der Waals surface area contributed by atoms with E-state index in [9.17, 15) is 61.9 Å². The zero-order valence-electron chi connectivity index (χ0n) is 17.1. The fourth-order valence-electron chi connectivity index (χ4n) is 2.46. The van der Waals surface area contributed by atoms with Crippen molar-refractivity contribution in [3.05, 3.63) is 63.2 Å². The fraction of sp³-hybridized carbons (Fsp3) is 0.316. The highest BCUT2D eigenvalue weighted by molar-refractivity contribution is 14.1. The normalized spacial score (nSPS) is 14.0. The van der Waals surface area contributed by atoms with Crippen molar-refractivity contribution < 1.29 is 71.3 Å². The predicted molar refractivity (Wildman–Crippen MR) is 105 cm³/mol. The highest BCUT2D eigenvalue weighted by Crippen LogP contribution is 2.54. The summed E-state index contributed by atoms with van der Waals surface area (Å²) >= 11 is 1.82. The van der Waals surface area contributed by atoms with Gasteiger partial charge in [-0.1, -0.05) is 18.2 Å². The standard InChI is InChI=1S/C19H9F13INO3/c20-14(21,10-4-2-6-12(8-10)34-13(35)9-3-1-5-11(33)7-9)16(24,25)36-17(26,27)15(22,23)18(28,29)37-19(30,31)32/h1-8H,(H,34,35). The Kier molecular flexibility index (Phi) is 8.41. The molecule has 18 heteroatoms. The number of carbonyl (C=O) groups excluding carboxylic acids is 1. The lowest BCUT2D eigenvalue weighted by molar-refractivity contribution is -0.535. The molecule has 0 saturated carbocycles. The molecule has 2 aromatic rings. The van der Waals surface area contributed by atoms with Crippen molar-refractivity contribution in [3.63, 3.8) is 0 Å². The van der Waals surface area contributed by atoms with Gasteiger partial charge in [-0.05, 0) is 52.9 Å². The van der Waals surface area contributed by atoms with E-state index in [2.05, 4.69) is 0 Å². The lowest BCUT2D eigenvalue weighted by Gasteiger charge is -2.35. The van der Waals surface area contributed by atoms with Gasteiger partial charge in [0.1, 0.15) is 0 Å². The van der Waals surface area contributed by atoms with Gasteiger partial charge in [-0.25, -0.2) is 9.47 Å². The fourth-order valence-corrected chi connectivity index (χ4v) is 3.00. The monoisotopic (exact) mass is 673 g/mol. The van der Waals surface area contributed by atoms with Crippen molar-refractivity contribution in [1.29, 1.82) is 0 Å². The molecule has 0 aliphatic heterocycles. The van der Waals surface area contributed by atoms with Crippen LogP contribution >= 0.6 is 22.6 Å². The number of nitrogens with one attached hydrogen (secondary N) is 1. The third-order valence-corrected chi connectivity index (χ3v) is 4.84. The molecule has 206 valence electrons. The number of amides is 1. The summed E-state index contributed by atoms with van der Waals surface area (Å²) in [4.78, 5) is 12.2. The zero-order chi connectivity index (χ0) is 28.7. The number of alkyl halides is 13. The van der Waals surface area contributed by atoms with Crippen LogP contribution in [0.1, 0.15) is 15.9 Å². The first-order valence-electron chi connectivity index (χ1n) is 9.06. The van der Waals surface area contributed by atoms with Crippen molar-refractivity contribution in [2.75, 3.05) is 5.32 Å². The number of benzene rings is 2. The van der Waals surface area contributed by atoms with Gasteiger partial charge in [-0.2, -0.15) is 43.9 Å². The van der Waals surface area contributed by atoms with E-state index >= 15 is 0 Å². The number of carbonyl (C=O) groups is 1. The van der Waals surface area contributed by atoms with Gasteiger partial charge in [0, 0.05) is 20.4 Å². The molecule has 0 aromatic heterocycles. The zero-order valence-corrected chi connectivity index (χ0v) is 19.3. The second-order valence-corrected chi connectivity index (χ2v) is 8.14. The average Bonchev–Trinajstić information content (AvgIpc) is 2.71. The molecule has 37 heavy (non-hydrogen) atoms. The average molecular weight is 673 g/mol.